The van der Waals surface area contributed by atoms with Crippen LogP contribution in [0, 0.1) is 61.6 Å². The Hall–Kier alpha value is -2.22. The number of nitrogens with zero attached hydrogens (tertiary/aromatic N) is 1. The lowest BCUT2D eigenvalue weighted by Crippen LogP contribution is -2.65. The van der Waals surface area contributed by atoms with Crippen molar-refractivity contribution < 1.29 is 22.2 Å². The van der Waals surface area contributed by atoms with E-state index >= 15 is 0 Å². The lowest BCUT2D eigenvalue weighted by molar-refractivity contribution is -0.188. The maximum absolute atomic E-state index is 14.3. The van der Waals surface area contributed by atoms with Gasteiger partial charge in [0.25, 0.3) is 0 Å². The minimum atomic E-state index is -1.93. The fraction of sp³-hybridized carbons (Fsp3) is 0.742. The Labute approximate surface area is 218 Å². The van der Waals surface area contributed by atoms with Gasteiger partial charge in [-0.1, -0.05) is 60.1 Å². The highest BCUT2D eigenvalue weighted by atomic mass is 16.4. The Morgan fingerprint density at radius 3 is 2.36 bits per heavy atom. The van der Waals surface area contributed by atoms with E-state index in [1.807, 2.05) is 27.7 Å². The molecule has 3 saturated carbocycles. The fourth-order valence-corrected chi connectivity index (χ4v) is 9.61. The minimum absolute atomic E-state index is 0.0590. The zero-order chi connectivity index (χ0) is 28.5. The average Bonchev–Trinajstić information content (AvgIpc) is 2.76. The molecule has 0 aromatic rings. The molecule has 194 valence electrons. The molecule has 5 aliphatic rings. The molecule has 5 rings (SSSR count). The van der Waals surface area contributed by atoms with Gasteiger partial charge in [-0.15, -0.1) is 0 Å². The Morgan fingerprint density at radius 2 is 1.75 bits per heavy atom. The molecule has 0 heterocycles. The van der Waals surface area contributed by atoms with E-state index in [0.29, 0.717) is 12.8 Å². The molecule has 3 fully saturated rings. The number of carboxylic acids is 1. The van der Waals surface area contributed by atoms with Crippen LogP contribution in [0.3, 0.4) is 0 Å². The number of ketones is 2. The van der Waals surface area contributed by atoms with E-state index in [4.69, 9.17) is 2.74 Å². The second-order valence-corrected chi connectivity index (χ2v) is 14.4. The van der Waals surface area contributed by atoms with Gasteiger partial charge in [-0.05, 0) is 79.1 Å². The lowest BCUT2D eigenvalue weighted by atomic mass is 9.34. The van der Waals surface area contributed by atoms with Crippen LogP contribution in [0.2, 0.25) is 0 Å². The predicted octanol–water partition coefficient (Wildman–Crippen LogP) is 6.29. The van der Waals surface area contributed by atoms with Gasteiger partial charge in [0.05, 0.1) is 11.0 Å². The van der Waals surface area contributed by atoms with Gasteiger partial charge in [0, 0.05) is 19.5 Å². The van der Waals surface area contributed by atoms with Gasteiger partial charge in [0.1, 0.15) is 6.07 Å². The first-order valence-electron chi connectivity index (χ1n) is 14.4. The number of carbonyl (C=O) groups excluding carboxylic acids is 2. The number of nitriles is 1. The number of carbonyl (C=O) groups is 3. The molecule has 0 saturated heterocycles. The van der Waals surface area contributed by atoms with Crippen LogP contribution in [0.25, 0.3) is 0 Å². The quantitative estimate of drug-likeness (QED) is 0.463. The second-order valence-electron chi connectivity index (χ2n) is 14.4. The number of hydrogen-bond donors (Lipinski definition) is 1. The molecule has 5 aliphatic carbocycles. The summed E-state index contributed by atoms with van der Waals surface area (Å²) in [5.74, 6) is -2.66. The Kier molecular flexibility index (Phi) is 4.59. The average molecular weight is 494 g/mol. The fourth-order valence-electron chi connectivity index (χ4n) is 9.61. The number of aliphatic carboxylic acids is 1. The van der Waals surface area contributed by atoms with Crippen LogP contribution in [0.4, 0.5) is 0 Å². The maximum Gasteiger partial charge on any atom is 0.309 e. The molecule has 0 bridgehead atoms. The first-order valence-corrected chi connectivity index (χ1v) is 13.4. The van der Waals surface area contributed by atoms with Crippen LogP contribution in [-0.2, 0) is 14.4 Å². The highest BCUT2D eigenvalue weighted by Gasteiger charge is 2.70. The van der Waals surface area contributed by atoms with Gasteiger partial charge in [0.2, 0.25) is 0 Å². The second kappa shape index (κ2) is 7.21. The van der Waals surface area contributed by atoms with Crippen molar-refractivity contribution in [3.63, 3.8) is 0 Å². The number of Topliss-reactive ketones (excluding diaryl/α,β-unsaturated/α-hetero) is 1. The van der Waals surface area contributed by atoms with Crippen molar-refractivity contribution >= 4 is 17.5 Å². The van der Waals surface area contributed by atoms with Crippen molar-refractivity contribution in [2.75, 3.05) is 0 Å². The Morgan fingerprint density at radius 1 is 1.08 bits per heavy atom. The van der Waals surface area contributed by atoms with E-state index in [2.05, 4.69) is 26.8 Å². The molecule has 0 amide bonds. The number of hydrogen-bond acceptors (Lipinski definition) is 4. The van der Waals surface area contributed by atoms with Gasteiger partial charge < -0.3 is 5.11 Å². The van der Waals surface area contributed by atoms with E-state index in [-0.39, 0.29) is 35.9 Å². The molecule has 5 heteroatoms. The molecular formula is C31H41NO4. The predicted molar refractivity (Wildman–Crippen MR) is 137 cm³/mol. The SMILES string of the molecule is [2H]C1([2H])CC(C)(C)C[C@H]2[C@H]3C(=O)C=C4[C@@]5(C)C=C(C#N)C(=O)C(C)(C)[C@@H]5CC[C@@]4(C)[C@]3(C)CC[C@]21C(=O)O. The first kappa shape index (κ1) is 22.9. The molecule has 0 aromatic carbocycles. The Bertz CT molecular complexity index is 1270. The van der Waals surface area contributed by atoms with Crippen molar-refractivity contribution in [3.05, 3.63) is 23.3 Å². The number of fused-ring (bicyclic) bond motifs is 7. The summed E-state index contributed by atoms with van der Waals surface area (Å²) in [6, 6.07) is 2.12. The van der Waals surface area contributed by atoms with E-state index in [0.717, 1.165) is 18.4 Å². The highest BCUT2D eigenvalue weighted by Crippen LogP contribution is 2.74. The first-order chi connectivity index (χ1) is 17.3. The van der Waals surface area contributed by atoms with E-state index in [9.17, 15) is 24.8 Å². The third-order valence-corrected chi connectivity index (χ3v) is 11.7. The molecule has 0 radical (unpaired) electrons. The summed E-state index contributed by atoms with van der Waals surface area (Å²) >= 11 is 0. The smallest absolute Gasteiger partial charge is 0.309 e. The minimum Gasteiger partial charge on any atom is -0.481 e. The van der Waals surface area contributed by atoms with Crippen molar-refractivity contribution in [2.45, 2.75) is 93.4 Å². The zero-order valence-corrected chi connectivity index (χ0v) is 22.7. The normalized spacial score (nSPS) is 48.9. The van der Waals surface area contributed by atoms with Gasteiger partial charge >= 0.3 is 5.97 Å². The standard InChI is InChI=1S/C31H41NO4/c1-26(2)10-12-31(25(35)36)13-11-30(7)23(19(31)16-26)20(33)14-22-28(5)15-18(17-32)24(34)27(3,4)21(28)8-9-29(22,30)6/h14-15,19,21,23H,8-13,16H2,1-7H3,(H,35,36)/t19-,21-,23-,28-,29+,30+,31-/m0/s1/i12D2. The van der Waals surface area contributed by atoms with Gasteiger partial charge in [-0.2, -0.15) is 5.26 Å². The largest absolute Gasteiger partial charge is 0.481 e. The summed E-state index contributed by atoms with van der Waals surface area (Å²) in [6.45, 7) is 14.2. The van der Waals surface area contributed by atoms with Crippen molar-refractivity contribution in [3.8, 4) is 6.07 Å². The molecule has 0 aromatic heterocycles. The number of allylic oxidation sites excluding steroid dienone is 4. The molecule has 0 unspecified atom stereocenters. The summed E-state index contributed by atoms with van der Waals surface area (Å²) in [4.78, 5) is 40.5. The van der Waals surface area contributed by atoms with Crippen molar-refractivity contribution in [1.29, 1.82) is 5.26 Å². The summed E-state index contributed by atoms with van der Waals surface area (Å²) in [7, 11) is 0. The van der Waals surface area contributed by atoms with E-state index < -0.39 is 56.7 Å². The molecule has 0 spiro atoms. The topological polar surface area (TPSA) is 95.2 Å². The van der Waals surface area contributed by atoms with Gasteiger partial charge in [-0.25, -0.2) is 0 Å². The zero-order valence-electron chi connectivity index (χ0n) is 24.7. The monoisotopic (exact) mass is 493 g/mol. The maximum atomic E-state index is 14.3. The third-order valence-electron chi connectivity index (χ3n) is 11.7. The highest BCUT2D eigenvalue weighted by molar-refractivity contribution is 6.04. The summed E-state index contributed by atoms with van der Waals surface area (Å²) in [6.07, 6.45) is 4.40. The summed E-state index contributed by atoms with van der Waals surface area (Å²) < 4.78 is 18.0. The molecule has 0 aliphatic heterocycles. The van der Waals surface area contributed by atoms with Crippen LogP contribution < -0.4 is 0 Å². The van der Waals surface area contributed by atoms with Crippen LogP contribution in [0.5, 0.6) is 0 Å². The number of carboxylic acid groups (broad SMARTS) is 1. The molecule has 1 N–H and O–H groups in total. The molecular weight excluding hydrogens is 450 g/mol. The number of rotatable bonds is 1. The third kappa shape index (κ3) is 2.85. The van der Waals surface area contributed by atoms with Crippen LogP contribution in [-0.4, -0.2) is 22.6 Å². The van der Waals surface area contributed by atoms with Gasteiger partial charge in [0.15, 0.2) is 11.6 Å². The van der Waals surface area contributed by atoms with Gasteiger partial charge in [-0.3, -0.25) is 14.4 Å². The van der Waals surface area contributed by atoms with Crippen LogP contribution >= 0.6 is 0 Å². The van der Waals surface area contributed by atoms with Crippen LogP contribution in [0.15, 0.2) is 23.3 Å². The van der Waals surface area contributed by atoms with Crippen LogP contribution in [0.1, 0.15) is 96.1 Å². The van der Waals surface area contributed by atoms with Crippen molar-refractivity contribution in [1.82, 2.24) is 0 Å². The molecule has 7 atom stereocenters. The lowest BCUT2D eigenvalue weighted by Gasteiger charge is -2.68. The Balaban J connectivity index is 1.74. The van der Waals surface area contributed by atoms with E-state index in [1.165, 1.54) is 0 Å². The molecule has 5 nitrogen and oxygen atoms in total. The summed E-state index contributed by atoms with van der Waals surface area (Å²) in [5.41, 5.74) is -3.34. The van der Waals surface area contributed by atoms with Crippen molar-refractivity contribution in [2.24, 2.45) is 50.2 Å². The molecule has 36 heavy (non-hydrogen) atoms. The van der Waals surface area contributed by atoms with E-state index in [1.54, 1.807) is 12.2 Å². The summed E-state index contributed by atoms with van der Waals surface area (Å²) in [5, 5.41) is 20.4.